The molecule has 0 bridgehead atoms. The zero-order valence-electron chi connectivity index (χ0n) is 10.6. The van der Waals surface area contributed by atoms with E-state index in [9.17, 15) is 0 Å². The van der Waals surface area contributed by atoms with Crippen LogP contribution in [0.5, 0.6) is 0 Å². The van der Waals surface area contributed by atoms with Crippen LogP contribution in [-0.4, -0.2) is 29.7 Å². The Bertz CT molecular complexity index is 356. The Morgan fingerprint density at radius 2 is 2.28 bits per heavy atom. The summed E-state index contributed by atoms with van der Waals surface area (Å²) in [4.78, 5) is 8.10. The smallest absolute Gasteiger partial charge is 0.152 e. The molecule has 0 aromatic carbocycles. The minimum Gasteiger partial charge on any atom is -0.375 e. The third-order valence-electron chi connectivity index (χ3n) is 3.26. The first-order valence-electron chi connectivity index (χ1n) is 6.60. The van der Waals surface area contributed by atoms with Gasteiger partial charge in [0.2, 0.25) is 0 Å². The Morgan fingerprint density at radius 1 is 1.39 bits per heavy atom. The third kappa shape index (κ3) is 4.52. The average Bonchev–Trinajstić information content (AvgIpc) is 2.42. The van der Waals surface area contributed by atoms with E-state index >= 15 is 0 Å². The molecule has 100 valence electrons. The summed E-state index contributed by atoms with van der Waals surface area (Å²) >= 11 is 5.90. The van der Waals surface area contributed by atoms with Crippen molar-refractivity contribution in [3.63, 3.8) is 0 Å². The SMILES string of the molecule is Clc1nccnc1COCCC[C@@H]1CCCNC1. The molecule has 0 radical (unpaired) electrons. The molecule has 0 spiro atoms. The summed E-state index contributed by atoms with van der Waals surface area (Å²) in [6, 6.07) is 0. The molecule has 18 heavy (non-hydrogen) atoms. The minimum atomic E-state index is 0.439. The number of rotatable bonds is 6. The highest BCUT2D eigenvalue weighted by atomic mass is 35.5. The lowest BCUT2D eigenvalue weighted by Crippen LogP contribution is -2.29. The first-order chi connectivity index (χ1) is 8.86. The van der Waals surface area contributed by atoms with E-state index in [0.717, 1.165) is 31.2 Å². The lowest BCUT2D eigenvalue weighted by molar-refractivity contribution is 0.110. The number of nitrogens with one attached hydrogen (secondary N) is 1. The topological polar surface area (TPSA) is 47.0 Å². The second-order valence-corrected chi connectivity index (χ2v) is 5.06. The van der Waals surface area contributed by atoms with Gasteiger partial charge in [0.05, 0.1) is 6.61 Å². The van der Waals surface area contributed by atoms with Gasteiger partial charge in [-0.25, -0.2) is 4.98 Å². The van der Waals surface area contributed by atoms with Gasteiger partial charge >= 0.3 is 0 Å². The normalized spacial score (nSPS) is 19.9. The number of hydrogen-bond donors (Lipinski definition) is 1. The van der Waals surface area contributed by atoms with Crippen molar-refractivity contribution >= 4 is 11.6 Å². The van der Waals surface area contributed by atoms with Crippen LogP contribution >= 0.6 is 11.6 Å². The molecule has 0 aliphatic carbocycles. The number of ether oxygens (including phenoxy) is 1. The van der Waals surface area contributed by atoms with E-state index in [1.165, 1.54) is 25.8 Å². The number of nitrogens with zero attached hydrogens (tertiary/aromatic N) is 2. The maximum atomic E-state index is 5.90. The van der Waals surface area contributed by atoms with Gasteiger partial charge in [0.1, 0.15) is 5.69 Å². The fourth-order valence-electron chi connectivity index (χ4n) is 2.26. The molecule has 1 atom stereocenters. The van der Waals surface area contributed by atoms with E-state index in [0.29, 0.717) is 11.8 Å². The lowest BCUT2D eigenvalue weighted by atomic mass is 9.95. The van der Waals surface area contributed by atoms with Crippen LogP contribution in [0.1, 0.15) is 31.4 Å². The maximum absolute atomic E-state index is 5.90. The molecule has 2 rings (SSSR count). The van der Waals surface area contributed by atoms with Gasteiger partial charge in [0, 0.05) is 19.0 Å². The summed E-state index contributed by atoms with van der Waals surface area (Å²) in [7, 11) is 0. The molecule has 1 aromatic heterocycles. The molecule has 1 aromatic rings. The van der Waals surface area contributed by atoms with Gasteiger partial charge in [-0.1, -0.05) is 11.6 Å². The fourth-order valence-corrected chi connectivity index (χ4v) is 2.42. The van der Waals surface area contributed by atoms with E-state index in [1.54, 1.807) is 12.4 Å². The van der Waals surface area contributed by atoms with Gasteiger partial charge in [-0.05, 0) is 44.7 Å². The zero-order valence-corrected chi connectivity index (χ0v) is 11.3. The monoisotopic (exact) mass is 269 g/mol. The summed E-state index contributed by atoms with van der Waals surface area (Å²) in [6.45, 7) is 3.56. The van der Waals surface area contributed by atoms with Crippen molar-refractivity contribution in [2.45, 2.75) is 32.3 Å². The summed E-state index contributed by atoms with van der Waals surface area (Å²) in [6.07, 6.45) is 8.22. The Morgan fingerprint density at radius 3 is 3.06 bits per heavy atom. The Hall–Kier alpha value is -0.710. The van der Waals surface area contributed by atoms with Crippen molar-refractivity contribution in [1.82, 2.24) is 15.3 Å². The molecule has 1 aliphatic rings. The zero-order chi connectivity index (χ0) is 12.6. The van der Waals surface area contributed by atoms with Gasteiger partial charge in [-0.3, -0.25) is 4.98 Å². The third-order valence-corrected chi connectivity index (χ3v) is 3.58. The molecule has 5 heteroatoms. The summed E-state index contributed by atoms with van der Waals surface area (Å²) in [5.41, 5.74) is 0.721. The molecule has 0 unspecified atom stereocenters. The molecule has 0 saturated carbocycles. The highest BCUT2D eigenvalue weighted by Gasteiger charge is 2.12. The number of piperidine rings is 1. The second kappa shape index (κ2) is 7.67. The Kier molecular flexibility index (Phi) is 5.84. The van der Waals surface area contributed by atoms with E-state index in [1.807, 2.05) is 0 Å². The van der Waals surface area contributed by atoms with Gasteiger partial charge in [-0.15, -0.1) is 0 Å². The maximum Gasteiger partial charge on any atom is 0.152 e. The number of aromatic nitrogens is 2. The predicted octanol–water partition coefficient (Wildman–Crippen LogP) is 2.43. The van der Waals surface area contributed by atoms with E-state index in [-0.39, 0.29) is 0 Å². The van der Waals surface area contributed by atoms with Crippen molar-refractivity contribution in [2.75, 3.05) is 19.7 Å². The highest BCUT2D eigenvalue weighted by molar-refractivity contribution is 6.29. The van der Waals surface area contributed by atoms with Crippen LogP contribution < -0.4 is 5.32 Å². The van der Waals surface area contributed by atoms with Crippen molar-refractivity contribution in [1.29, 1.82) is 0 Å². The number of halogens is 1. The fraction of sp³-hybridized carbons (Fsp3) is 0.692. The molecular weight excluding hydrogens is 250 g/mol. The van der Waals surface area contributed by atoms with Crippen molar-refractivity contribution in [2.24, 2.45) is 5.92 Å². The summed E-state index contributed by atoms with van der Waals surface area (Å²) in [5.74, 6) is 0.822. The first-order valence-corrected chi connectivity index (χ1v) is 6.98. The van der Waals surface area contributed by atoms with Gasteiger partial charge in [0.25, 0.3) is 0 Å². The quantitative estimate of drug-likeness (QED) is 0.806. The molecule has 0 amide bonds. The first kappa shape index (κ1) is 13.7. The Balaban J connectivity index is 1.57. The van der Waals surface area contributed by atoms with Crippen LogP contribution in [0, 0.1) is 5.92 Å². The highest BCUT2D eigenvalue weighted by Crippen LogP contribution is 2.16. The van der Waals surface area contributed by atoms with Crippen LogP contribution in [0.2, 0.25) is 5.15 Å². The molecule has 2 heterocycles. The predicted molar refractivity (Wildman–Crippen MR) is 71.5 cm³/mol. The largest absolute Gasteiger partial charge is 0.375 e. The van der Waals surface area contributed by atoms with Crippen LogP contribution in [0.25, 0.3) is 0 Å². The molecular formula is C13H20ClN3O. The number of hydrogen-bond acceptors (Lipinski definition) is 4. The van der Waals surface area contributed by atoms with E-state index in [2.05, 4.69) is 15.3 Å². The van der Waals surface area contributed by atoms with Crippen LogP contribution in [0.15, 0.2) is 12.4 Å². The van der Waals surface area contributed by atoms with Crippen LogP contribution in [-0.2, 0) is 11.3 Å². The van der Waals surface area contributed by atoms with Crippen molar-refractivity contribution in [3.8, 4) is 0 Å². The van der Waals surface area contributed by atoms with E-state index in [4.69, 9.17) is 16.3 Å². The van der Waals surface area contributed by atoms with Crippen LogP contribution in [0.4, 0.5) is 0 Å². The Labute approximate surface area is 113 Å². The van der Waals surface area contributed by atoms with Crippen molar-refractivity contribution < 1.29 is 4.74 Å². The molecule has 1 saturated heterocycles. The molecule has 1 aliphatic heterocycles. The van der Waals surface area contributed by atoms with Crippen LogP contribution in [0.3, 0.4) is 0 Å². The van der Waals surface area contributed by atoms with Gasteiger partial charge in [-0.2, -0.15) is 0 Å². The summed E-state index contributed by atoms with van der Waals surface area (Å²) < 4.78 is 5.58. The average molecular weight is 270 g/mol. The standard InChI is InChI=1S/C13H20ClN3O/c14-13-12(16-6-7-17-13)10-18-8-2-4-11-3-1-5-15-9-11/h6-7,11,15H,1-5,8-10H2/t11-/m0/s1. The van der Waals surface area contributed by atoms with E-state index < -0.39 is 0 Å². The van der Waals surface area contributed by atoms with Gasteiger partial charge < -0.3 is 10.1 Å². The van der Waals surface area contributed by atoms with Gasteiger partial charge in [0.15, 0.2) is 5.15 Å². The minimum absolute atomic E-state index is 0.439. The lowest BCUT2D eigenvalue weighted by Gasteiger charge is -2.22. The molecule has 4 nitrogen and oxygen atoms in total. The summed E-state index contributed by atoms with van der Waals surface area (Å²) in [5, 5.41) is 3.87. The second-order valence-electron chi connectivity index (χ2n) is 4.70. The van der Waals surface area contributed by atoms with Crippen molar-refractivity contribution in [3.05, 3.63) is 23.2 Å². The molecule has 1 N–H and O–H groups in total. The molecule has 1 fully saturated rings.